The second-order valence-electron chi connectivity index (χ2n) is 12.3. The van der Waals surface area contributed by atoms with E-state index in [0.29, 0.717) is 24.0 Å². The number of benzene rings is 2. The van der Waals surface area contributed by atoms with E-state index in [9.17, 15) is 23.2 Å². The number of likely N-dealkylation sites (tertiary alicyclic amines) is 1. The molecule has 0 radical (unpaired) electrons. The molecule has 1 amide bonds. The number of aromatic nitrogens is 1. The summed E-state index contributed by atoms with van der Waals surface area (Å²) in [6.07, 6.45) is 8.84. The molecule has 1 aliphatic heterocycles. The Kier molecular flexibility index (Phi) is 9.51. The van der Waals surface area contributed by atoms with Gasteiger partial charge in [-0.1, -0.05) is 51.3 Å². The van der Waals surface area contributed by atoms with Crippen molar-refractivity contribution in [3.05, 3.63) is 81.8 Å². The van der Waals surface area contributed by atoms with E-state index in [1.54, 1.807) is 10.8 Å². The maximum absolute atomic E-state index is 13.9. The number of piperidine rings is 1. The van der Waals surface area contributed by atoms with Crippen molar-refractivity contribution < 1.29 is 19.8 Å². The van der Waals surface area contributed by atoms with E-state index < -0.39 is 17.7 Å². The van der Waals surface area contributed by atoms with Gasteiger partial charge in [-0.05, 0) is 60.7 Å². The van der Waals surface area contributed by atoms with E-state index >= 15 is 0 Å². The van der Waals surface area contributed by atoms with Crippen LogP contribution >= 0.6 is 0 Å². The van der Waals surface area contributed by atoms with Gasteiger partial charge in [0.25, 0.3) is 5.56 Å². The maximum atomic E-state index is 13.9. The lowest BCUT2D eigenvalue weighted by atomic mass is 9.80. The van der Waals surface area contributed by atoms with E-state index in [1.165, 1.54) is 18.6 Å². The zero-order chi connectivity index (χ0) is 29.8. The summed E-state index contributed by atoms with van der Waals surface area (Å²) in [5.74, 6) is -1.11. The highest BCUT2D eigenvalue weighted by molar-refractivity contribution is 5.86. The van der Waals surface area contributed by atoms with E-state index in [2.05, 4.69) is 5.32 Å². The fourth-order valence-corrected chi connectivity index (χ4v) is 6.69. The van der Waals surface area contributed by atoms with Crippen molar-refractivity contribution >= 4 is 22.5 Å². The van der Waals surface area contributed by atoms with Crippen molar-refractivity contribution in [1.82, 2.24) is 14.8 Å². The number of hydrogen-bond acceptors (Lipinski definition) is 4. The molecule has 5 rings (SSSR count). The van der Waals surface area contributed by atoms with E-state index in [0.717, 1.165) is 55.5 Å². The molecule has 2 aromatic carbocycles. The van der Waals surface area contributed by atoms with E-state index in [4.69, 9.17) is 0 Å². The molecular weight excluding hydrogens is 536 g/mol. The topological polar surface area (TPSA) is 71.4 Å². The summed E-state index contributed by atoms with van der Waals surface area (Å²) < 4.78 is 28.8. The first-order valence-electron chi connectivity index (χ1n) is 15.3. The fourth-order valence-electron chi connectivity index (χ4n) is 6.69. The molecule has 0 spiro atoms. The third kappa shape index (κ3) is 6.64. The third-order valence-corrected chi connectivity index (χ3v) is 9.07. The minimum Gasteiger partial charge on any atom is -0.341 e. The lowest BCUT2D eigenvalue weighted by molar-refractivity contribution is -0.131. The van der Waals surface area contributed by atoms with Crippen molar-refractivity contribution in [2.75, 3.05) is 19.6 Å². The van der Waals surface area contributed by atoms with Crippen LogP contribution < -0.4 is 10.9 Å². The fraction of sp³-hybridized carbons (Fsp3) is 0.500. The van der Waals surface area contributed by atoms with Crippen LogP contribution in [0.25, 0.3) is 10.8 Å². The van der Waals surface area contributed by atoms with Crippen molar-refractivity contribution in [3.8, 4) is 0 Å². The van der Waals surface area contributed by atoms with Crippen LogP contribution in [0.1, 0.15) is 83.3 Å². The number of amides is 1. The quantitative estimate of drug-likeness (QED) is 0.320. The van der Waals surface area contributed by atoms with Gasteiger partial charge >= 0.3 is 0 Å². The predicted octanol–water partition coefficient (Wildman–Crippen LogP) is 6.37. The Morgan fingerprint density at radius 3 is 2.52 bits per heavy atom. The lowest BCUT2D eigenvalue weighted by Gasteiger charge is -2.33. The van der Waals surface area contributed by atoms with Gasteiger partial charge < -0.3 is 14.8 Å². The van der Waals surface area contributed by atoms with Crippen LogP contribution in [-0.4, -0.2) is 40.8 Å². The molecule has 226 valence electrons. The smallest absolute Gasteiger partial charge is 0.259 e. The number of carbonyl (C=O) groups is 2. The number of carbonyl (C=O) groups excluding carboxylic acids is 2. The van der Waals surface area contributed by atoms with Crippen molar-refractivity contribution in [2.24, 2.45) is 11.8 Å². The lowest BCUT2D eigenvalue weighted by Crippen LogP contribution is -2.43. The standard InChI is InChI=1S/C34H41F2N3O3.H2/c1-22(2)33(41)32(24-7-4-3-5-8-24)39-16-14-23-10-11-25(17-29(23)34(39)42)27-9-6-15-38(21-27)31(40)20-37-19-26-12-13-28(35)18-30(26)36;/h10-14,16-18,22,24,27,32,37H,3-9,15,19-21H2,1-2H3;1H/t27?,32-;/m1./s1. The van der Waals surface area contributed by atoms with Crippen LogP contribution in [0.3, 0.4) is 0 Å². The molecule has 2 heterocycles. The highest BCUT2D eigenvalue weighted by Crippen LogP contribution is 2.35. The van der Waals surface area contributed by atoms with Gasteiger partial charge in [0.2, 0.25) is 5.91 Å². The van der Waals surface area contributed by atoms with Crippen LogP contribution in [-0.2, 0) is 16.1 Å². The highest BCUT2D eigenvalue weighted by Gasteiger charge is 2.33. The van der Waals surface area contributed by atoms with E-state index in [-0.39, 0.29) is 49.5 Å². The van der Waals surface area contributed by atoms with Gasteiger partial charge in [-0.15, -0.1) is 0 Å². The number of rotatable bonds is 9. The molecular formula is C34H43F2N3O3. The number of fused-ring (bicyclic) bond motifs is 1. The van der Waals surface area contributed by atoms with Crippen LogP contribution in [0.15, 0.2) is 53.5 Å². The Balaban J connectivity index is 0.00000423. The van der Waals surface area contributed by atoms with Crippen LogP contribution in [0, 0.1) is 23.5 Å². The summed E-state index contributed by atoms with van der Waals surface area (Å²) in [5, 5.41) is 4.44. The Bertz CT molecular complexity index is 1500. The van der Waals surface area contributed by atoms with Crippen LogP contribution in [0.5, 0.6) is 0 Å². The monoisotopic (exact) mass is 579 g/mol. The van der Waals surface area contributed by atoms with Gasteiger partial charge in [-0.3, -0.25) is 14.4 Å². The third-order valence-electron chi connectivity index (χ3n) is 9.07. The Morgan fingerprint density at radius 2 is 1.79 bits per heavy atom. The Morgan fingerprint density at radius 1 is 1.00 bits per heavy atom. The number of hydrogen-bond donors (Lipinski definition) is 1. The molecule has 42 heavy (non-hydrogen) atoms. The normalized spacial score (nSPS) is 18.9. The molecule has 0 bridgehead atoms. The number of Topliss-reactive ketones (excluding diaryl/α,β-unsaturated/α-hetero) is 1. The number of ketones is 1. The van der Waals surface area contributed by atoms with Crippen LogP contribution in [0.2, 0.25) is 0 Å². The minimum absolute atomic E-state index is 0. The Hall–Kier alpha value is -3.39. The SMILES string of the molecule is CC(C)C(=O)[C@@H](C1CCCCC1)n1ccc2ccc(C3CCCN(C(=O)CNCc4ccc(F)cc4F)C3)cc2c1=O.[HH]. The molecule has 2 fully saturated rings. The number of pyridine rings is 1. The molecule has 1 aliphatic carbocycles. The molecule has 2 atom stereocenters. The van der Waals surface area contributed by atoms with Gasteiger partial charge in [0, 0.05) is 56.1 Å². The summed E-state index contributed by atoms with van der Waals surface area (Å²) in [6.45, 7) is 5.19. The van der Waals surface area contributed by atoms with Gasteiger partial charge in [-0.25, -0.2) is 8.78 Å². The molecule has 2 aliphatic rings. The first-order chi connectivity index (χ1) is 20.2. The molecule has 1 aromatic heterocycles. The average molecular weight is 580 g/mol. The largest absolute Gasteiger partial charge is 0.341 e. The predicted molar refractivity (Wildman–Crippen MR) is 162 cm³/mol. The second kappa shape index (κ2) is 13.3. The zero-order valence-electron chi connectivity index (χ0n) is 24.6. The summed E-state index contributed by atoms with van der Waals surface area (Å²) in [6, 6.07) is 10.9. The first-order valence-corrected chi connectivity index (χ1v) is 15.3. The van der Waals surface area contributed by atoms with Crippen molar-refractivity contribution in [2.45, 2.75) is 77.3 Å². The van der Waals surface area contributed by atoms with E-state index in [1.807, 2.05) is 43.0 Å². The number of halogens is 2. The molecule has 1 unspecified atom stereocenters. The van der Waals surface area contributed by atoms with Crippen molar-refractivity contribution in [1.29, 1.82) is 0 Å². The van der Waals surface area contributed by atoms with Crippen molar-refractivity contribution in [3.63, 3.8) is 0 Å². The van der Waals surface area contributed by atoms with Gasteiger partial charge in [0.05, 0.1) is 12.6 Å². The summed E-state index contributed by atoms with van der Waals surface area (Å²) in [7, 11) is 0. The Labute approximate surface area is 247 Å². The zero-order valence-corrected chi connectivity index (χ0v) is 24.6. The summed E-state index contributed by atoms with van der Waals surface area (Å²) in [5.41, 5.74) is 1.20. The molecule has 6 nitrogen and oxygen atoms in total. The summed E-state index contributed by atoms with van der Waals surface area (Å²) >= 11 is 0. The molecule has 1 N–H and O–H groups in total. The second-order valence-corrected chi connectivity index (χ2v) is 12.3. The maximum Gasteiger partial charge on any atom is 0.259 e. The van der Waals surface area contributed by atoms with Gasteiger partial charge in [0.15, 0.2) is 5.78 Å². The number of nitrogens with one attached hydrogen (secondary N) is 1. The van der Waals surface area contributed by atoms with Gasteiger partial charge in [-0.2, -0.15) is 0 Å². The molecule has 1 saturated heterocycles. The number of nitrogens with zero attached hydrogens (tertiary/aromatic N) is 2. The molecule has 3 aromatic rings. The molecule has 8 heteroatoms. The minimum atomic E-state index is -0.637. The first kappa shape index (κ1) is 30.1. The van der Waals surface area contributed by atoms with Crippen LogP contribution in [0.4, 0.5) is 8.78 Å². The molecule has 1 saturated carbocycles. The average Bonchev–Trinajstić information content (AvgIpc) is 3.00. The van der Waals surface area contributed by atoms with Gasteiger partial charge in [0.1, 0.15) is 11.6 Å². The summed E-state index contributed by atoms with van der Waals surface area (Å²) in [4.78, 5) is 42.1. The highest BCUT2D eigenvalue weighted by atomic mass is 19.1.